The molecule has 2 amide bonds. The summed E-state index contributed by atoms with van der Waals surface area (Å²) in [6.07, 6.45) is 7.60. The fourth-order valence-corrected chi connectivity index (χ4v) is 5.60. The normalized spacial score (nSPS) is 17.8. The average molecular weight is 890 g/mol. The van der Waals surface area contributed by atoms with Crippen LogP contribution in [0.25, 0.3) is 22.0 Å². The van der Waals surface area contributed by atoms with E-state index in [2.05, 4.69) is 54.9 Å². The number of fused-ring (bicyclic) bond motifs is 1. The SMILES string of the molecule is [CH2-]CC([C-]=O)n1ccc(N=C(N)C2CC(I)CN2C(=O)Cn2nc(C(N)=O)c3cc(-c4ccnnc4)ccc32)n1.[U+2]. The van der Waals surface area contributed by atoms with E-state index in [4.69, 9.17) is 11.5 Å². The number of amides is 2. The monoisotopic (exact) mass is 890 g/mol. The number of alkyl halides is 1. The predicted molar refractivity (Wildman–Crippen MR) is 155 cm³/mol. The van der Waals surface area contributed by atoms with Crippen LogP contribution in [0.4, 0.5) is 5.82 Å². The molecule has 0 spiro atoms. The van der Waals surface area contributed by atoms with Crippen molar-refractivity contribution >= 4 is 63.2 Å². The van der Waals surface area contributed by atoms with Crippen LogP contribution in [0.5, 0.6) is 0 Å². The second kappa shape index (κ2) is 13.2. The molecule has 1 aromatic carbocycles. The number of nitrogens with two attached hydrogens (primary N) is 2. The van der Waals surface area contributed by atoms with Crippen molar-refractivity contribution in [2.24, 2.45) is 16.5 Å². The zero-order valence-corrected chi connectivity index (χ0v) is 28.0. The van der Waals surface area contributed by atoms with E-state index in [9.17, 15) is 14.4 Å². The minimum absolute atomic E-state index is 0. The van der Waals surface area contributed by atoms with Crippen molar-refractivity contribution in [3.63, 3.8) is 0 Å². The number of amidine groups is 1. The van der Waals surface area contributed by atoms with E-state index in [1.54, 1.807) is 47.8 Å². The Balaban J connectivity index is 0.00000387. The number of carbonyl (C=O) groups excluding carboxylic acids is 3. The number of hydrogen-bond acceptors (Lipinski definition) is 8. The Morgan fingerprint density at radius 2 is 1.98 bits per heavy atom. The van der Waals surface area contributed by atoms with Gasteiger partial charge >= 0.3 is 31.1 Å². The van der Waals surface area contributed by atoms with Crippen molar-refractivity contribution in [2.75, 3.05) is 6.54 Å². The molecule has 15 heteroatoms. The van der Waals surface area contributed by atoms with Crippen molar-refractivity contribution in [1.82, 2.24) is 34.7 Å². The standard InChI is InChI=1S/C26H25IN10O3.U/c1-2-18(14-38)36-8-6-22(33-36)32-25(28)21-10-17(27)12-35(21)23(39)13-37-20-4-3-15(16-5-7-30-31-11-16)9-19(20)24(34-37)26(29)40;/h3-9,11,17-18,21H,1-2,10,12-13H2,(H2,29,40)(H2,28,32,33);/q-2;+2. The molecule has 0 bridgehead atoms. The molecule has 0 radical (unpaired) electrons. The van der Waals surface area contributed by atoms with Crippen LogP contribution < -0.4 is 11.5 Å². The molecule has 4 heterocycles. The van der Waals surface area contributed by atoms with E-state index in [0.717, 1.165) is 11.1 Å². The number of halogens is 1. The minimum Gasteiger partial charge on any atom is -0.540 e. The smallest absolute Gasteiger partial charge is 0.540 e. The van der Waals surface area contributed by atoms with Gasteiger partial charge in [-0.25, -0.2) is 11.3 Å². The van der Waals surface area contributed by atoms with E-state index in [0.29, 0.717) is 36.1 Å². The summed E-state index contributed by atoms with van der Waals surface area (Å²) in [5.74, 6) is -0.377. The number of aliphatic imine (C=N–C) groups is 1. The third-order valence-electron chi connectivity index (χ3n) is 6.66. The molecule has 0 saturated carbocycles. The third kappa shape index (κ3) is 6.52. The Hall–Kier alpha value is -3.16. The summed E-state index contributed by atoms with van der Waals surface area (Å²) in [6, 6.07) is 7.82. The molecule has 41 heavy (non-hydrogen) atoms. The summed E-state index contributed by atoms with van der Waals surface area (Å²) >= 11 is 2.28. The van der Waals surface area contributed by atoms with E-state index in [1.165, 1.54) is 9.36 Å². The van der Waals surface area contributed by atoms with Gasteiger partial charge in [-0.3, -0.25) is 19.0 Å². The van der Waals surface area contributed by atoms with Gasteiger partial charge in [-0.1, -0.05) is 34.7 Å². The summed E-state index contributed by atoms with van der Waals surface area (Å²) in [7, 11) is 0. The Morgan fingerprint density at radius 3 is 2.66 bits per heavy atom. The molecule has 4 N–H and O–H groups in total. The maximum atomic E-state index is 13.6. The minimum atomic E-state index is -0.698. The predicted octanol–water partition coefficient (Wildman–Crippen LogP) is 1.76. The number of benzene rings is 1. The molecule has 1 aliphatic rings. The van der Waals surface area contributed by atoms with Crippen molar-refractivity contribution in [2.45, 2.75) is 35.4 Å². The van der Waals surface area contributed by atoms with Crippen LogP contribution in [0, 0.1) is 38.0 Å². The molecule has 1 fully saturated rings. The topological polar surface area (TPSA) is 180 Å². The molecule has 1 aliphatic heterocycles. The first-order chi connectivity index (χ1) is 19.3. The molecule has 3 aromatic heterocycles. The van der Waals surface area contributed by atoms with Crippen LogP contribution in [-0.4, -0.2) is 75.1 Å². The van der Waals surface area contributed by atoms with Crippen LogP contribution in [-0.2, 0) is 16.1 Å². The number of carbonyl (C=O) groups is 2. The summed E-state index contributed by atoms with van der Waals surface area (Å²) in [6.45, 7) is 4.07. The Kier molecular flexibility index (Phi) is 9.93. The molecular weight excluding hydrogens is 865 g/mol. The molecule has 13 nitrogen and oxygen atoms in total. The summed E-state index contributed by atoms with van der Waals surface area (Å²) in [5, 5.41) is 16.9. The molecule has 5 rings (SSSR count). The van der Waals surface area contributed by atoms with Crippen molar-refractivity contribution in [3.8, 4) is 11.1 Å². The largest absolute Gasteiger partial charge is 2.00 e. The van der Waals surface area contributed by atoms with Crippen LogP contribution in [0.2, 0.25) is 0 Å². The quantitative estimate of drug-likeness (QED) is 0.0840. The number of hydrogen-bond donors (Lipinski definition) is 2. The van der Waals surface area contributed by atoms with E-state index >= 15 is 0 Å². The fourth-order valence-electron chi connectivity index (χ4n) is 4.70. The zero-order valence-electron chi connectivity index (χ0n) is 21.7. The summed E-state index contributed by atoms with van der Waals surface area (Å²) in [5.41, 5.74) is 14.3. The van der Waals surface area contributed by atoms with Gasteiger partial charge < -0.3 is 28.1 Å². The van der Waals surface area contributed by atoms with Crippen LogP contribution in [0.3, 0.4) is 0 Å². The van der Waals surface area contributed by atoms with Gasteiger partial charge in [-0.2, -0.15) is 26.8 Å². The van der Waals surface area contributed by atoms with E-state index in [1.807, 2.05) is 12.4 Å². The maximum Gasteiger partial charge on any atom is 2.00 e. The number of primary amides is 1. The van der Waals surface area contributed by atoms with Gasteiger partial charge in [0, 0.05) is 33.7 Å². The number of aromatic nitrogens is 6. The number of rotatable bonds is 9. The van der Waals surface area contributed by atoms with Gasteiger partial charge in [0.2, 0.25) is 5.91 Å². The first-order valence-corrected chi connectivity index (χ1v) is 13.6. The first-order valence-electron chi connectivity index (χ1n) is 12.4. The second-order valence-electron chi connectivity index (χ2n) is 9.24. The first kappa shape index (κ1) is 30.8. The Bertz CT molecular complexity index is 1610. The molecule has 3 atom stereocenters. The molecule has 208 valence electrons. The molecule has 1 saturated heterocycles. The third-order valence-corrected chi connectivity index (χ3v) is 7.57. The molecule has 4 aromatic rings. The van der Waals surface area contributed by atoms with Crippen LogP contribution in [0.15, 0.2) is 53.9 Å². The van der Waals surface area contributed by atoms with Crippen molar-refractivity contribution in [1.29, 1.82) is 0 Å². The van der Waals surface area contributed by atoms with Gasteiger partial charge in [-0.05, 0) is 30.2 Å². The summed E-state index contributed by atoms with van der Waals surface area (Å²) in [4.78, 5) is 43.0. The Morgan fingerprint density at radius 1 is 1.17 bits per heavy atom. The van der Waals surface area contributed by atoms with E-state index < -0.39 is 18.0 Å². The number of nitrogens with zero attached hydrogens (tertiary/aromatic N) is 8. The van der Waals surface area contributed by atoms with Gasteiger partial charge in [0.1, 0.15) is 12.4 Å². The zero-order chi connectivity index (χ0) is 28.4. The van der Waals surface area contributed by atoms with Crippen molar-refractivity contribution < 1.29 is 45.5 Å². The molecular formula is C26H25IN10O3U. The van der Waals surface area contributed by atoms with Gasteiger partial charge in [0.05, 0.1) is 24.0 Å². The van der Waals surface area contributed by atoms with Crippen molar-refractivity contribution in [3.05, 3.63) is 61.5 Å². The molecule has 0 aliphatic carbocycles. The van der Waals surface area contributed by atoms with Crippen LogP contribution >= 0.6 is 22.6 Å². The van der Waals surface area contributed by atoms with Crippen LogP contribution in [0.1, 0.15) is 29.4 Å². The van der Waals surface area contributed by atoms with E-state index in [-0.39, 0.29) is 59.0 Å². The number of likely N-dealkylation sites (tertiary alicyclic amines) is 1. The Labute approximate surface area is 272 Å². The second-order valence-corrected chi connectivity index (χ2v) is 11.0. The summed E-state index contributed by atoms with van der Waals surface area (Å²) < 4.78 is 3.07. The van der Waals surface area contributed by atoms with Gasteiger partial charge in [-0.15, -0.1) is 0 Å². The average Bonchev–Trinajstić information content (AvgIpc) is 3.67. The fraction of sp³-hybridized carbons (Fsp3) is 0.269. The maximum absolute atomic E-state index is 13.6. The molecule has 3 unspecified atom stereocenters. The van der Waals surface area contributed by atoms with Gasteiger partial charge in [0.25, 0.3) is 5.91 Å². The van der Waals surface area contributed by atoms with Gasteiger partial charge in [0.15, 0.2) is 11.5 Å².